The van der Waals surface area contributed by atoms with Crippen molar-refractivity contribution >= 4 is 21.8 Å². The van der Waals surface area contributed by atoms with Crippen molar-refractivity contribution in [3.05, 3.63) is 41.1 Å². The Labute approximate surface area is 149 Å². The van der Waals surface area contributed by atoms with Gasteiger partial charge in [-0.15, -0.1) is 0 Å². The zero-order chi connectivity index (χ0) is 18.2. The molecule has 1 aliphatic rings. The van der Waals surface area contributed by atoms with Gasteiger partial charge in [-0.2, -0.15) is 8.78 Å². The molecule has 0 aliphatic heterocycles. The lowest BCUT2D eigenvalue weighted by molar-refractivity contribution is -0.00650. The molecule has 0 fully saturated rings. The predicted molar refractivity (Wildman–Crippen MR) is 93.1 cm³/mol. The maximum absolute atomic E-state index is 14.1. The van der Waals surface area contributed by atoms with E-state index >= 15 is 0 Å². The molecule has 9 heteroatoms. The van der Waals surface area contributed by atoms with Crippen LogP contribution in [-0.4, -0.2) is 30.9 Å². The second-order valence-corrected chi connectivity index (χ2v) is 8.49. The highest BCUT2D eigenvalue weighted by Crippen LogP contribution is 2.44. The molecule has 134 valence electrons. The summed E-state index contributed by atoms with van der Waals surface area (Å²) in [7, 11) is -3.31. The molecule has 1 aliphatic carbocycles. The van der Waals surface area contributed by atoms with Crippen molar-refractivity contribution in [1.29, 1.82) is 0 Å². The number of alkyl halides is 2. The first-order valence-electron chi connectivity index (χ1n) is 7.57. The van der Waals surface area contributed by atoms with Crippen molar-refractivity contribution in [2.24, 2.45) is 0 Å². The minimum absolute atomic E-state index is 0.130. The maximum atomic E-state index is 14.1. The molecule has 2 aromatic rings. The number of halogens is 2. The molecule has 0 saturated carbocycles. The number of rotatable bonds is 5. The van der Waals surface area contributed by atoms with Crippen LogP contribution in [0.25, 0.3) is 11.3 Å². The molecule has 1 N–H and O–H groups in total. The fourth-order valence-corrected chi connectivity index (χ4v) is 3.57. The summed E-state index contributed by atoms with van der Waals surface area (Å²) in [6.07, 6.45) is 2.78. The first-order valence-corrected chi connectivity index (χ1v) is 10.7. The summed E-state index contributed by atoms with van der Waals surface area (Å²) < 4.78 is 53.1. The van der Waals surface area contributed by atoms with Crippen LogP contribution < -0.4 is 4.72 Å². The average Bonchev–Trinajstić information content (AvgIpc) is 2.87. The number of aromatic nitrogens is 2. The van der Waals surface area contributed by atoms with Crippen LogP contribution in [0.1, 0.15) is 23.2 Å². The summed E-state index contributed by atoms with van der Waals surface area (Å²) in [5, 5.41) is 0.301. The summed E-state index contributed by atoms with van der Waals surface area (Å²) in [4.78, 5) is 8.44. The molecule has 1 aromatic heterocycles. The molecule has 1 heterocycles. The van der Waals surface area contributed by atoms with Crippen molar-refractivity contribution in [2.45, 2.75) is 30.5 Å². The third-order valence-electron chi connectivity index (χ3n) is 3.94. The Morgan fingerprint density at radius 1 is 1.32 bits per heavy atom. The monoisotopic (exact) mass is 385 g/mol. The van der Waals surface area contributed by atoms with Gasteiger partial charge in [0.25, 0.3) is 5.92 Å². The van der Waals surface area contributed by atoms with Crippen LogP contribution in [-0.2, 0) is 28.9 Å². The lowest BCUT2D eigenvalue weighted by atomic mass is 10.0. The third kappa shape index (κ3) is 3.99. The number of benzene rings is 1. The van der Waals surface area contributed by atoms with E-state index in [1.807, 2.05) is 0 Å². The van der Waals surface area contributed by atoms with E-state index in [0.717, 1.165) is 11.8 Å². The van der Waals surface area contributed by atoms with Gasteiger partial charge in [0.1, 0.15) is 5.69 Å². The van der Waals surface area contributed by atoms with Gasteiger partial charge in [-0.3, -0.25) is 0 Å². The second kappa shape index (κ2) is 6.62. The maximum Gasteiger partial charge on any atom is 0.290 e. The van der Waals surface area contributed by atoms with Crippen molar-refractivity contribution < 1.29 is 17.2 Å². The molecule has 0 radical (unpaired) electrons. The highest BCUT2D eigenvalue weighted by atomic mass is 32.2. The molecule has 5 nitrogen and oxygen atoms in total. The van der Waals surface area contributed by atoms with Crippen molar-refractivity contribution in [1.82, 2.24) is 14.7 Å². The summed E-state index contributed by atoms with van der Waals surface area (Å²) in [6, 6.07) is 7.08. The highest BCUT2D eigenvalue weighted by molar-refractivity contribution is 7.98. The summed E-state index contributed by atoms with van der Waals surface area (Å²) >= 11 is 1.22. The summed E-state index contributed by atoms with van der Waals surface area (Å²) in [6.45, 7) is 0.130. The normalized spacial score (nSPS) is 16.0. The van der Waals surface area contributed by atoms with E-state index in [1.165, 1.54) is 11.8 Å². The average molecular weight is 385 g/mol. The topological polar surface area (TPSA) is 72.0 Å². The van der Waals surface area contributed by atoms with Gasteiger partial charge in [0, 0.05) is 24.1 Å². The number of nitrogens with one attached hydrogen (secondary N) is 1. The van der Waals surface area contributed by atoms with Gasteiger partial charge in [0.05, 0.1) is 11.9 Å². The van der Waals surface area contributed by atoms with Crippen molar-refractivity contribution in [3.63, 3.8) is 0 Å². The molecule has 3 rings (SSSR count). The minimum atomic E-state index is -3.31. The van der Waals surface area contributed by atoms with Crippen LogP contribution in [0.2, 0.25) is 0 Å². The molecule has 1 aromatic carbocycles. The fraction of sp³-hybridized carbons (Fsp3) is 0.375. The van der Waals surface area contributed by atoms with E-state index in [2.05, 4.69) is 14.7 Å². The molecule has 0 spiro atoms. The number of hydrogen-bond acceptors (Lipinski definition) is 5. The van der Waals surface area contributed by atoms with Gasteiger partial charge in [-0.25, -0.2) is 23.1 Å². The van der Waals surface area contributed by atoms with E-state index in [1.54, 1.807) is 30.5 Å². The van der Waals surface area contributed by atoms with E-state index < -0.39 is 15.9 Å². The van der Waals surface area contributed by atoms with Crippen molar-refractivity contribution in [2.75, 3.05) is 12.5 Å². The zero-order valence-corrected chi connectivity index (χ0v) is 15.3. The third-order valence-corrected chi connectivity index (χ3v) is 5.16. The molecule has 25 heavy (non-hydrogen) atoms. The van der Waals surface area contributed by atoms with Crippen LogP contribution in [0.15, 0.2) is 29.4 Å². The van der Waals surface area contributed by atoms with Gasteiger partial charge in [-0.05, 0) is 24.3 Å². The highest BCUT2D eigenvalue weighted by Gasteiger charge is 2.43. The minimum Gasteiger partial charge on any atom is -0.222 e. The van der Waals surface area contributed by atoms with Crippen LogP contribution in [0.3, 0.4) is 0 Å². The van der Waals surface area contributed by atoms with Gasteiger partial charge < -0.3 is 0 Å². The van der Waals surface area contributed by atoms with Gasteiger partial charge in [0.15, 0.2) is 5.16 Å². The number of fused-ring (bicyclic) bond motifs is 1. The number of sulfonamides is 1. The Morgan fingerprint density at radius 2 is 2.08 bits per heavy atom. The quantitative estimate of drug-likeness (QED) is 0.633. The fourth-order valence-electron chi connectivity index (χ4n) is 2.78. The molecule has 0 atom stereocenters. The van der Waals surface area contributed by atoms with Crippen LogP contribution >= 0.6 is 11.8 Å². The first kappa shape index (κ1) is 18.2. The summed E-state index contributed by atoms with van der Waals surface area (Å²) in [5.41, 5.74) is 2.18. The molecule has 0 bridgehead atoms. The lowest BCUT2D eigenvalue weighted by Crippen LogP contribution is -2.21. The van der Waals surface area contributed by atoms with E-state index in [4.69, 9.17) is 0 Å². The van der Waals surface area contributed by atoms with E-state index in [0.29, 0.717) is 22.0 Å². The number of nitrogens with zero attached hydrogens (tertiary/aromatic N) is 2. The predicted octanol–water partition coefficient (Wildman–Crippen LogP) is 2.95. The molecule has 0 amide bonds. The standard InChI is InChI=1S/C16H17F2N3O2S2/c1-24-15-20-13(12-6-7-16(17,18)14(12)21-15)11-5-3-4-10(8-11)9-19-25(2,22)23/h3-5,8,19H,6-7,9H2,1-2H3. The largest absolute Gasteiger partial charge is 0.290 e. The lowest BCUT2D eigenvalue weighted by Gasteiger charge is -2.13. The molecular formula is C16H17F2N3O2S2. The Bertz CT molecular complexity index is 918. The zero-order valence-electron chi connectivity index (χ0n) is 13.7. The Kier molecular flexibility index (Phi) is 4.82. The van der Waals surface area contributed by atoms with Crippen molar-refractivity contribution in [3.8, 4) is 11.3 Å². The first-order chi connectivity index (χ1) is 11.7. The molecular weight excluding hydrogens is 368 g/mol. The Balaban J connectivity index is 2.04. The number of thioether (sulfide) groups is 1. The molecule has 0 saturated heterocycles. The van der Waals surface area contributed by atoms with Crippen LogP contribution in [0, 0.1) is 0 Å². The van der Waals surface area contributed by atoms with Gasteiger partial charge >= 0.3 is 0 Å². The Morgan fingerprint density at radius 3 is 2.76 bits per heavy atom. The van der Waals surface area contributed by atoms with Crippen LogP contribution in [0.5, 0.6) is 0 Å². The summed E-state index contributed by atoms with van der Waals surface area (Å²) in [5.74, 6) is -2.94. The molecule has 0 unspecified atom stereocenters. The van der Waals surface area contributed by atoms with Gasteiger partial charge in [-0.1, -0.05) is 30.0 Å². The Hall–Kier alpha value is -1.58. The van der Waals surface area contributed by atoms with E-state index in [-0.39, 0.29) is 25.1 Å². The second-order valence-electron chi connectivity index (χ2n) is 5.88. The van der Waals surface area contributed by atoms with E-state index in [9.17, 15) is 17.2 Å². The smallest absolute Gasteiger partial charge is 0.222 e. The van der Waals surface area contributed by atoms with Crippen LogP contribution in [0.4, 0.5) is 8.78 Å². The number of hydrogen-bond donors (Lipinski definition) is 1. The SMILES string of the molecule is CSc1nc(-c2cccc(CNS(C)(=O)=O)c2)c2c(n1)C(F)(F)CC2. The van der Waals surface area contributed by atoms with Gasteiger partial charge in [0.2, 0.25) is 10.0 Å².